The van der Waals surface area contributed by atoms with Crippen molar-refractivity contribution in [3.05, 3.63) is 58.0 Å². The largest absolute Gasteiger partial charge is 0.450 e. The number of aryl methyl sites for hydroxylation is 1. The van der Waals surface area contributed by atoms with E-state index in [1.54, 1.807) is 31.0 Å². The molecule has 1 unspecified atom stereocenters. The highest BCUT2D eigenvalue weighted by Gasteiger charge is 2.34. The Morgan fingerprint density at radius 1 is 1.20 bits per heavy atom. The van der Waals surface area contributed by atoms with Crippen LogP contribution in [0.15, 0.2) is 41.8 Å². The number of aromatic nitrogens is 7. The molecule has 208 valence electrons. The van der Waals surface area contributed by atoms with Crippen LogP contribution in [0.4, 0.5) is 30.6 Å². The summed E-state index contributed by atoms with van der Waals surface area (Å²) in [7, 11) is 3.30. The monoisotopic (exact) mass is 575 g/mol. The van der Waals surface area contributed by atoms with E-state index in [1.807, 2.05) is 0 Å². The Kier molecular flexibility index (Phi) is 6.26. The molecule has 0 radical (unpaired) electrons. The summed E-state index contributed by atoms with van der Waals surface area (Å²) in [5.41, 5.74) is -0.817. The fraction of sp³-hybridized carbons (Fsp3) is 0.292. The molecule has 5 aromatic heterocycles. The number of imidazole rings is 1. The fourth-order valence-corrected chi connectivity index (χ4v) is 4.87. The smallest absolute Gasteiger partial charge is 0.417 e. The van der Waals surface area contributed by atoms with Crippen LogP contribution < -0.4 is 20.9 Å². The first-order valence-corrected chi connectivity index (χ1v) is 12.4. The van der Waals surface area contributed by atoms with Gasteiger partial charge in [-0.1, -0.05) is 11.6 Å². The van der Waals surface area contributed by atoms with Crippen LogP contribution in [0.25, 0.3) is 16.7 Å². The summed E-state index contributed by atoms with van der Waals surface area (Å²) >= 11 is 6.69. The lowest BCUT2D eigenvalue weighted by atomic mass is 10.2. The van der Waals surface area contributed by atoms with Crippen LogP contribution in [-0.4, -0.2) is 54.0 Å². The molecule has 1 aliphatic heterocycles. The van der Waals surface area contributed by atoms with Gasteiger partial charge in [0.2, 0.25) is 5.95 Å². The standard InChI is InChI=1S/C24H21ClF3N9O3/c1-29-20-18-16(9-32-37(18)5-4-30-20)40-15-8-31-21-19(17(15)25)35(2)23(34-21)33-14-7-12(24(26,27)28)10-36(22(14)38)13-3-6-39-11-13/h4-5,7-10,13H,3,6,11H2,1-2H3,(H,29,30)(H,31,33,34). The van der Waals surface area contributed by atoms with Gasteiger partial charge in [-0.2, -0.15) is 23.3 Å². The maximum absolute atomic E-state index is 13.7. The quantitative estimate of drug-likeness (QED) is 0.303. The van der Waals surface area contributed by atoms with Gasteiger partial charge in [0, 0.05) is 39.3 Å². The predicted octanol–water partition coefficient (Wildman–Crippen LogP) is 4.38. The number of rotatable bonds is 6. The molecule has 1 atom stereocenters. The Morgan fingerprint density at radius 2 is 2.02 bits per heavy atom. The van der Waals surface area contributed by atoms with E-state index in [1.165, 1.54) is 17.0 Å². The first-order valence-electron chi connectivity index (χ1n) is 12.0. The highest BCUT2D eigenvalue weighted by molar-refractivity contribution is 6.36. The van der Waals surface area contributed by atoms with Gasteiger partial charge in [-0.3, -0.25) is 4.79 Å². The number of nitrogens with one attached hydrogen (secondary N) is 2. The molecule has 1 saturated heterocycles. The third kappa shape index (κ3) is 4.36. The molecule has 6 heterocycles. The molecule has 0 bridgehead atoms. The summed E-state index contributed by atoms with van der Waals surface area (Å²) in [6.45, 7) is 0.505. The second-order valence-electron chi connectivity index (χ2n) is 9.03. The van der Waals surface area contributed by atoms with E-state index in [0.717, 1.165) is 16.8 Å². The van der Waals surface area contributed by atoms with Crippen molar-refractivity contribution in [2.24, 2.45) is 7.05 Å². The van der Waals surface area contributed by atoms with Gasteiger partial charge in [-0.15, -0.1) is 0 Å². The van der Waals surface area contributed by atoms with Gasteiger partial charge in [0.05, 0.1) is 30.6 Å². The molecule has 1 fully saturated rings. The number of ether oxygens (including phenoxy) is 2. The van der Waals surface area contributed by atoms with E-state index in [-0.39, 0.29) is 34.7 Å². The van der Waals surface area contributed by atoms with Crippen molar-refractivity contribution in [3.8, 4) is 11.5 Å². The fourth-order valence-electron chi connectivity index (χ4n) is 4.57. The minimum Gasteiger partial charge on any atom is -0.450 e. The third-order valence-electron chi connectivity index (χ3n) is 6.58. The molecule has 0 saturated carbocycles. The molecule has 40 heavy (non-hydrogen) atoms. The van der Waals surface area contributed by atoms with Gasteiger partial charge in [-0.05, 0) is 12.5 Å². The number of hydrogen-bond acceptors (Lipinski definition) is 9. The molecule has 16 heteroatoms. The van der Waals surface area contributed by atoms with Gasteiger partial charge in [0.15, 0.2) is 28.5 Å². The second-order valence-corrected chi connectivity index (χ2v) is 9.41. The van der Waals surface area contributed by atoms with E-state index >= 15 is 0 Å². The third-order valence-corrected chi connectivity index (χ3v) is 6.94. The first kappa shape index (κ1) is 25.9. The lowest BCUT2D eigenvalue weighted by Crippen LogP contribution is -2.28. The van der Waals surface area contributed by atoms with E-state index in [9.17, 15) is 18.0 Å². The van der Waals surface area contributed by atoms with E-state index in [0.29, 0.717) is 35.6 Å². The molecule has 0 aromatic carbocycles. The zero-order valence-corrected chi connectivity index (χ0v) is 21.8. The number of hydrogen-bond donors (Lipinski definition) is 2. The highest BCUT2D eigenvalue weighted by atomic mass is 35.5. The summed E-state index contributed by atoms with van der Waals surface area (Å²) in [6.07, 6.45) is 2.69. The number of alkyl halides is 3. The number of fused-ring (bicyclic) bond motifs is 2. The van der Waals surface area contributed by atoms with Crippen LogP contribution in [-0.2, 0) is 18.0 Å². The molecular weight excluding hydrogens is 555 g/mol. The zero-order valence-electron chi connectivity index (χ0n) is 21.0. The van der Waals surface area contributed by atoms with Crippen LogP contribution in [0.1, 0.15) is 18.0 Å². The van der Waals surface area contributed by atoms with Crippen LogP contribution in [0.3, 0.4) is 0 Å². The normalized spacial score (nSPS) is 15.7. The number of halogens is 4. The van der Waals surface area contributed by atoms with Gasteiger partial charge in [0.1, 0.15) is 16.2 Å². The first-order chi connectivity index (χ1) is 19.2. The van der Waals surface area contributed by atoms with Crippen LogP contribution in [0.2, 0.25) is 5.02 Å². The Hall–Kier alpha value is -4.37. The lowest BCUT2D eigenvalue weighted by Gasteiger charge is -2.18. The Balaban J connectivity index is 1.39. The van der Waals surface area contributed by atoms with Crippen molar-refractivity contribution in [3.63, 3.8) is 0 Å². The van der Waals surface area contributed by atoms with E-state index in [4.69, 9.17) is 21.1 Å². The summed E-state index contributed by atoms with van der Waals surface area (Å²) < 4.78 is 56.5. The van der Waals surface area contributed by atoms with Crippen molar-refractivity contribution in [2.45, 2.75) is 18.6 Å². The predicted molar refractivity (Wildman–Crippen MR) is 140 cm³/mol. The maximum atomic E-state index is 13.7. The molecule has 5 aromatic rings. The van der Waals surface area contributed by atoms with Gasteiger partial charge in [-0.25, -0.2) is 14.5 Å². The summed E-state index contributed by atoms with van der Waals surface area (Å²) in [4.78, 5) is 26.1. The van der Waals surface area contributed by atoms with Crippen LogP contribution in [0.5, 0.6) is 11.5 Å². The summed E-state index contributed by atoms with van der Waals surface area (Å²) in [5, 5.41) is 10.1. The summed E-state index contributed by atoms with van der Waals surface area (Å²) in [6, 6.07) is 0.251. The van der Waals surface area contributed by atoms with Crippen molar-refractivity contribution in [1.82, 2.24) is 33.7 Å². The average Bonchev–Trinajstić information content (AvgIpc) is 3.66. The molecule has 1 aliphatic rings. The Labute approximate surface area is 228 Å². The van der Waals surface area contributed by atoms with Crippen molar-refractivity contribution in [1.29, 1.82) is 0 Å². The highest BCUT2D eigenvalue weighted by Crippen LogP contribution is 2.38. The van der Waals surface area contributed by atoms with Gasteiger partial charge in [0.25, 0.3) is 5.56 Å². The molecule has 6 rings (SSSR count). The second kappa shape index (κ2) is 9.67. The zero-order chi connectivity index (χ0) is 28.2. The summed E-state index contributed by atoms with van der Waals surface area (Å²) in [5.74, 6) is 1.14. The maximum Gasteiger partial charge on any atom is 0.417 e. The minimum absolute atomic E-state index is 0.0600. The van der Waals surface area contributed by atoms with Crippen molar-refractivity contribution >= 4 is 45.7 Å². The van der Waals surface area contributed by atoms with Crippen molar-refractivity contribution < 1.29 is 22.6 Å². The number of anilines is 3. The average molecular weight is 576 g/mol. The number of nitrogens with zero attached hydrogens (tertiary/aromatic N) is 7. The number of pyridine rings is 2. The molecular formula is C24H21ClF3N9O3. The topological polar surface area (TPSA) is 125 Å². The Morgan fingerprint density at radius 3 is 2.75 bits per heavy atom. The van der Waals surface area contributed by atoms with E-state index in [2.05, 4.69) is 30.7 Å². The minimum atomic E-state index is -4.67. The van der Waals surface area contributed by atoms with Gasteiger partial charge < -0.3 is 29.2 Å². The molecule has 12 nitrogen and oxygen atoms in total. The van der Waals surface area contributed by atoms with Crippen LogP contribution in [0, 0.1) is 0 Å². The van der Waals surface area contributed by atoms with Crippen molar-refractivity contribution in [2.75, 3.05) is 30.9 Å². The van der Waals surface area contributed by atoms with E-state index < -0.39 is 23.3 Å². The SMILES string of the molecule is CNc1nccn2ncc(Oc3cnc4nc(Nc5cc(C(F)(F)F)cn(C6CCOC6)c5=O)n(C)c4c3Cl)c12. The lowest BCUT2D eigenvalue weighted by molar-refractivity contribution is -0.138. The molecule has 0 aliphatic carbocycles. The Bertz CT molecular complexity index is 1810. The molecule has 2 N–H and O–H groups in total. The van der Waals surface area contributed by atoms with Gasteiger partial charge >= 0.3 is 6.18 Å². The molecule has 0 spiro atoms. The molecule has 0 amide bonds. The van der Waals surface area contributed by atoms with Crippen LogP contribution >= 0.6 is 11.6 Å².